The summed E-state index contributed by atoms with van der Waals surface area (Å²) >= 11 is 0. The van der Waals surface area contributed by atoms with Crippen molar-refractivity contribution >= 4 is 27.7 Å². The summed E-state index contributed by atoms with van der Waals surface area (Å²) in [4.78, 5) is 32.8. The van der Waals surface area contributed by atoms with Crippen LogP contribution in [0.4, 0.5) is 0 Å². The molecule has 9 heteroatoms. The van der Waals surface area contributed by atoms with Gasteiger partial charge in [-0.2, -0.15) is 0 Å². The molecule has 1 amide bonds. The van der Waals surface area contributed by atoms with Crippen molar-refractivity contribution in [1.82, 2.24) is 4.90 Å². The van der Waals surface area contributed by atoms with Crippen LogP contribution in [0, 0.1) is 0 Å². The number of hydrogen-bond acceptors (Lipinski definition) is 5. The number of carbonyl (C=O) groups is 3. The van der Waals surface area contributed by atoms with Gasteiger partial charge in [0.2, 0.25) is 5.91 Å². The number of hydrogen-bond donors (Lipinski definition) is 2. The highest BCUT2D eigenvalue weighted by atomic mass is 32.2. The molecular formula is C8H13NO7S. The quantitative estimate of drug-likeness (QED) is 0.569. The van der Waals surface area contributed by atoms with E-state index in [0.29, 0.717) is 4.90 Å². The van der Waals surface area contributed by atoms with Gasteiger partial charge in [0.15, 0.2) is 0 Å². The first-order valence-electron chi connectivity index (χ1n) is 4.51. The molecule has 0 aromatic heterocycles. The number of amides is 1. The van der Waals surface area contributed by atoms with Crippen molar-refractivity contribution in [2.75, 3.05) is 25.1 Å². The van der Waals surface area contributed by atoms with Gasteiger partial charge < -0.3 is 15.1 Å². The van der Waals surface area contributed by atoms with Crippen molar-refractivity contribution in [2.24, 2.45) is 0 Å². The van der Waals surface area contributed by atoms with Crippen LogP contribution in [-0.4, -0.2) is 66.5 Å². The number of carboxylic acid groups (broad SMARTS) is 2. The summed E-state index contributed by atoms with van der Waals surface area (Å²) in [6, 6.07) is 0. The molecule has 0 spiro atoms. The summed E-state index contributed by atoms with van der Waals surface area (Å²) in [5.41, 5.74) is 0. The summed E-state index contributed by atoms with van der Waals surface area (Å²) in [5, 5.41) is 16.9. The Kier molecular flexibility index (Phi) is 5.59. The van der Waals surface area contributed by atoms with Crippen LogP contribution in [0.15, 0.2) is 0 Å². The maximum Gasteiger partial charge on any atom is 0.323 e. The lowest BCUT2D eigenvalue weighted by Gasteiger charge is -2.17. The van der Waals surface area contributed by atoms with E-state index in [-0.39, 0.29) is 0 Å². The van der Waals surface area contributed by atoms with Gasteiger partial charge >= 0.3 is 11.9 Å². The zero-order valence-corrected chi connectivity index (χ0v) is 9.94. The van der Waals surface area contributed by atoms with Crippen molar-refractivity contribution in [1.29, 1.82) is 0 Å². The summed E-state index contributed by atoms with van der Waals surface area (Å²) in [5.74, 6) is -3.99. The summed E-state index contributed by atoms with van der Waals surface area (Å²) in [6.07, 6.45) is 0.498. The molecule has 0 aromatic rings. The first kappa shape index (κ1) is 15.4. The fourth-order valence-corrected chi connectivity index (χ4v) is 1.54. The maximum atomic E-state index is 11.4. The average Bonchev–Trinajstić information content (AvgIpc) is 2.10. The molecule has 0 atom stereocenters. The summed E-state index contributed by atoms with van der Waals surface area (Å²) in [6.45, 7) is -1.54. The van der Waals surface area contributed by atoms with Crippen molar-refractivity contribution < 1.29 is 33.0 Å². The van der Waals surface area contributed by atoms with Crippen LogP contribution in [0.1, 0.15) is 6.42 Å². The van der Waals surface area contributed by atoms with Gasteiger partial charge in [-0.1, -0.05) is 0 Å². The number of carboxylic acids is 2. The van der Waals surface area contributed by atoms with Crippen LogP contribution in [0.2, 0.25) is 0 Å². The lowest BCUT2D eigenvalue weighted by molar-refractivity contribution is -0.149. The molecule has 0 saturated heterocycles. The van der Waals surface area contributed by atoms with Gasteiger partial charge in [-0.3, -0.25) is 14.4 Å². The number of rotatable bonds is 7. The normalized spacial score (nSPS) is 10.9. The second-order valence-electron chi connectivity index (χ2n) is 3.42. The van der Waals surface area contributed by atoms with Crippen molar-refractivity contribution in [3.8, 4) is 0 Å². The van der Waals surface area contributed by atoms with Gasteiger partial charge in [-0.15, -0.1) is 0 Å². The Labute approximate surface area is 97.8 Å². The summed E-state index contributed by atoms with van der Waals surface area (Å²) < 4.78 is 21.6. The molecule has 0 unspecified atom stereocenters. The van der Waals surface area contributed by atoms with E-state index in [0.717, 1.165) is 6.26 Å². The second-order valence-corrected chi connectivity index (χ2v) is 5.68. The van der Waals surface area contributed by atoms with E-state index in [4.69, 9.17) is 10.2 Å². The Balaban J connectivity index is 4.52. The Hall–Kier alpha value is -1.64. The zero-order valence-electron chi connectivity index (χ0n) is 9.12. The first-order chi connectivity index (χ1) is 7.61. The standard InChI is InChI=1S/C8H13NO7S/c1-17(15,16)3-2-6(10)9(4-7(11)12)5-8(13)14/h2-5H2,1H3,(H,11,12)(H,13,14). The SMILES string of the molecule is CS(=O)(=O)CCC(=O)N(CC(=O)O)CC(=O)O. The molecule has 0 bridgehead atoms. The molecule has 17 heavy (non-hydrogen) atoms. The smallest absolute Gasteiger partial charge is 0.323 e. The minimum atomic E-state index is -3.35. The van der Waals surface area contributed by atoms with Gasteiger partial charge in [-0.25, -0.2) is 8.42 Å². The van der Waals surface area contributed by atoms with E-state index >= 15 is 0 Å². The van der Waals surface area contributed by atoms with E-state index in [9.17, 15) is 22.8 Å². The molecule has 0 aliphatic carbocycles. The van der Waals surface area contributed by atoms with Crippen LogP contribution in [0.3, 0.4) is 0 Å². The van der Waals surface area contributed by atoms with E-state index in [2.05, 4.69) is 0 Å². The highest BCUT2D eigenvalue weighted by Gasteiger charge is 2.20. The van der Waals surface area contributed by atoms with Gasteiger partial charge in [0.1, 0.15) is 22.9 Å². The molecule has 98 valence electrons. The second kappa shape index (κ2) is 6.18. The van der Waals surface area contributed by atoms with E-state index < -0.39 is 52.9 Å². The first-order valence-corrected chi connectivity index (χ1v) is 6.57. The lowest BCUT2D eigenvalue weighted by Crippen LogP contribution is -2.39. The topological polar surface area (TPSA) is 129 Å². The van der Waals surface area contributed by atoms with E-state index in [1.165, 1.54) is 0 Å². The van der Waals surface area contributed by atoms with E-state index in [1.807, 2.05) is 0 Å². The van der Waals surface area contributed by atoms with Gasteiger partial charge in [0, 0.05) is 12.7 Å². The fraction of sp³-hybridized carbons (Fsp3) is 0.625. The highest BCUT2D eigenvalue weighted by Crippen LogP contribution is 1.98. The number of carbonyl (C=O) groups excluding carboxylic acids is 1. The molecule has 0 fully saturated rings. The van der Waals surface area contributed by atoms with Crippen molar-refractivity contribution in [3.05, 3.63) is 0 Å². The predicted octanol–water partition coefficient (Wildman–Crippen LogP) is -1.58. The Morgan fingerprint density at radius 3 is 1.76 bits per heavy atom. The van der Waals surface area contributed by atoms with Crippen LogP contribution >= 0.6 is 0 Å². The van der Waals surface area contributed by atoms with Crippen molar-refractivity contribution in [2.45, 2.75) is 6.42 Å². The Morgan fingerprint density at radius 1 is 1.06 bits per heavy atom. The van der Waals surface area contributed by atoms with Crippen LogP contribution in [0.25, 0.3) is 0 Å². The third-order valence-electron chi connectivity index (χ3n) is 1.69. The number of nitrogens with zero attached hydrogens (tertiary/aromatic N) is 1. The third kappa shape index (κ3) is 8.20. The van der Waals surface area contributed by atoms with Crippen LogP contribution < -0.4 is 0 Å². The molecule has 0 aliphatic rings. The number of sulfone groups is 1. The fourth-order valence-electron chi connectivity index (χ4n) is 0.990. The summed E-state index contributed by atoms with van der Waals surface area (Å²) in [7, 11) is -3.35. The minimum Gasteiger partial charge on any atom is -0.480 e. The highest BCUT2D eigenvalue weighted by molar-refractivity contribution is 7.90. The number of aliphatic carboxylic acids is 2. The molecule has 0 rings (SSSR count). The monoisotopic (exact) mass is 267 g/mol. The average molecular weight is 267 g/mol. The maximum absolute atomic E-state index is 11.4. The predicted molar refractivity (Wildman–Crippen MR) is 56.2 cm³/mol. The molecule has 0 heterocycles. The molecule has 0 aliphatic heterocycles. The lowest BCUT2D eigenvalue weighted by atomic mass is 10.3. The van der Waals surface area contributed by atoms with Gasteiger partial charge in [-0.05, 0) is 0 Å². The molecule has 2 N–H and O–H groups in total. The van der Waals surface area contributed by atoms with Crippen molar-refractivity contribution in [3.63, 3.8) is 0 Å². The van der Waals surface area contributed by atoms with Gasteiger partial charge in [0.25, 0.3) is 0 Å². The molecule has 0 aromatic carbocycles. The van der Waals surface area contributed by atoms with E-state index in [1.54, 1.807) is 0 Å². The molecular weight excluding hydrogens is 254 g/mol. The molecule has 0 radical (unpaired) electrons. The molecule has 0 saturated carbocycles. The zero-order chi connectivity index (χ0) is 13.6. The largest absolute Gasteiger partial charge is 0.480 e. The van der Waals surface area contributed by atoms with Crippen LogP contribution in [-0.2, 0) is 24.2 Å². The van der Waals surface area contributed by atoms with Gasteiger partial charge in [0.05, 0.1) is 5.75 Å². The Bertz CT molecular complexity index is 398. The minimum absolute atomic E-state index is 0.431. The van der Waals surface area contributed by atoms with Crippen LogP contribution in [0.5, 0.6) is 0 Å². The Morgan fingerprint density at radius 2 is 1.47 bits per heavy atom. The third-order valence-corrected chi connectivity index (χ3v) is 2.64. The molecule has 8 nitrogen and oxygen atoms in total.